The fourth-order valence-electron chi connectivity index (χ4n) is 1.13. The molecule has 0 N–H and O–H groups in total. The zero-order valence-corrected chi connectivity index (χ0v) is 7.93. The van der Waals surface area contributed by atoms with Gasteiger partial charge >= 0.3 is 0 Å². The van der Waals surface area contributed by atoms with Crippen LogP contribution in [0, 0.1) is 0 Å². The lowest BCUT2D eigenvalue weighted by molar-refractivity contribution is 1.01. The molecule has 0 radical (unpaired) electrons. The topological polar surface area (TPSA) is 29.0 Å². The van der Waals surface area contributed by atoms with Crippen LogP contribution in [0.25, 0.3) is 0 Å². The summed E-state index contributed by atoms with van der Waals surface area (Å²) in [4.78, 5) is 7.99. The van der Waals surface area contributed by atoms with E-state index in [9.17, 15) is 0 Å². The first kappa shape index (κ1) is 7.31. The largest absolute Gasteiger partial charge is 0.304 e. The lowest BCUT2D eigenvalue weighted by Crippen LogP contribution is -2.04. The average Bonchev–Trinajstić information content (AvgIpc) is 2.34. The maximum Gasteiger partial charge on any atom is 0.156 e. The van der Waals surface area contributed by atoms with Crippen LogP contribution in [-0.2, 0) is 6.42 Å². The van der Waals surface area contributed by atoms with Gasteiger partial charge < -0.3 is 3.93 Å². The van der Waals surface area contributed by atoms with Gasteiger partial charge in [-0.05, 0) is 0 Å². The molecule has 11 heavy (non-hydrogen) atoms. The van der Waals surface area contributed by atoms with Gasteiger partial charge in [0.2, 0.25) is 0 Å². The van der Waals surface area contributed by atoms with Crippen molar-refractivity contribution in [2.45, 2.75) is 6.42 Å². The summed E-state index contributed by atoms with van der Waals surface area (Å²) in [6, 6.07) is 0. The molecular weight excluding hydrogens is 229 g/mol. The standard InChI is InChI=1S/C6H5BrClN3/c7-11-2-1-4-5(11)6(8)10-3-9-4/h3H,1-2H2. The van der Waals surface area contributed by atoms with Gasteiger partial charge in [-0.1, -0.05) is 11.6 Å². The Kier molecular flexibility index (Phi) is 1.73. The predicted octanol–water partition coefficient (Wildman–Crippen LogP) is 1.80. The minimum atomic E-state index is 0.518. The lowest BCUT2D eigenvalue weighted by atomic mass is 10.3. The first-order chi connectivity index (χ1) is 5.29. The lowest BCUT2D eigenvalue weighted by Gasteiger charge is -2.07. The molecule has 3 nitrogen and oxygen atoms in total. The van der Waals surface area contributed by atoms with Crippen LogP contribution in [0.4, 0.5) is 5.69 Å². The van der Waals surface area contributed by atoms with Crippen molar-refractivity contribution < 1.29 is 0 Å². The van der Waals surface area contributed by atoms with Crippen molar-refractivity contribution in [1.82, 2.24) is 9.97 Å². The van der Waals surface area contributed by atoms with Crippen LogP contribution in [0.3, 0.4) is 0 Å². The van der Waals surface area contributed by atoms with Crippen LogP contribution in [0.2, 0.25) is 5.15 Å². The Hall–Kier alpha value is -0.350. The van der Waals surface area contributed by atoms with E-state index >= 15 is 0 Å². The number of hydrogen-bond donors (Lipinski definition) is 0. The van der Waals surface area contributed by atoms with Crippen molar-refractivity contribution in [3.8, 4) is 0 Å². The van der Waals surface area contributed by atoms with Crippen molar-refractivity contribution in [2.75, 3.05) is 10.5 Å². The maximum atomic E-state index is 5.84. The molecule has 0 atom stereocenters. The van der Waals surface area contributed by atoms with E-state index in [1.807, 2.05) is 3.93 Å². The van der Waals surface area contributed by atoms with Gasteiger partial charge in [0.1, 0.15) is 12.0 Å². The molecule has 0 unspecified atom stereocenters. The van der Waals surface area contributed by atoms with Gasteiger partial charge in [-0.2, -0.15) is 0 Å². The number of aromatic nitrogens is 2. The quantitative estimate of drug-likeness (QED) is 0.506. The normalized spacial score (nSPS) is 15.3. The number of nitrogens with zero attached hydrogens (tertiary/aromatic N) is 3. The highest BCUT2D eigenvalue weighted by atomic mass is 79.9. The van der Waals surface area contributed by atoms with Crippen LogP contribution in [0.15, 0.2) is 6.33 Å². The second kappa shape index (κ2) is 2.60. The zero-order chi connectivity index (χ0) is 7.84. The number of hydrogen-bond acceptors (Lipinski definition) is 3. The molecule has 1 aliphatic heterocycles. The van der Waals surface area contributed by atoms with Crippen molar-refractivity contribution in [2.24, 2.45) is 0 Å². The molecule has 58 valence electrons. The molecule has 2 heterocycles. The molecule has 1 aromatic heterocycles. The average molecular weight is 234 g/mol. The summed E-state index contributed by atoms with van der Waals surface area (Å²) in [5, 5.41) is 0.518. The number of anilines is 1. The molecule has 0 spiro atoms. The van der Waals surface area contributed by atoms with Gasteiger partial charge in [0.05, 0.1) is 5.69 Å². The molecule has 0 bridgehead atoms. The smallest absolute Gasteiger partial charge is 0.156 e. The van der Waals surface area contributed by atoms with Crippen molar-refractivity contribution >= 4 is 33.4 Å². The van der Waals surface area contributed by atoms with E-state index in [4.69, 9.17) is 11.6 Å². The summed E-state index contributed by atoms with van der Waals surface area (Å²) in [5.74, 6) is 0. The molecule has 1 aromatic rings. The highest BCUT2D eigenvalue weighted by Crippen LogP contribution is 2.33. The minimum absolute atomic E-state index is 0.518. The molecule has 5 heteroatoms. The SMILES string of the molecule is Clc1ncnc2c1N(Br)CC2. The Labute approximate surface area is 77.7 Å². The first-order valence-electron chi connectivity index (χ1n) is 3.22. The molecular formula is C6H5BrClN3. The van der Waals surface area contributed by atoms with Crippen molar-refractivity contribution in [3.63, 3.8) is 0 Å². The van der Waals surface area contributed by atoms with E-state index in [1.165, 1.54) is 6.33 Å². The summed E-state index contributed by atoms with van der Waals surface area (Å²) >= 11 is 9.20. The fraction of sp³-hybridized carbons (Fsp3) is 0.333. The summed E-state index contributed by atoms with van der Waals surface area (Å²) in [5.41, 5.74) is 1.93. The second-order valence-corrected chi connectivity index (χ2v) is 3.51. The van der Waals surface area contributed by atoms with E-state index in [1.54, 1.807) is 0 Å². The van der Waals surface area contributed by atoms with Gasteiger partial charge in [0.25, 0.3) is 0 Å². The number of fused-ring (bicyclic) bond motifs is 1. The molecule has 0 amide bonds. The summed E-state index contributed by atoms with van der Waals surface area (Å²) in [7, 11) is 0. The summed E-state index contributed by atoms with van der Waals surface area (Å²) < 4.78 is 1.89. The third-order valence-electron chi connectivity index (χ3n) is 1.64. The summed E-state index contributed by atoms with van der Waals surface area (Å²) in [6.07, 6.45) is 2.43. The molecule has 0 fully saturated rings. The highest BCUT2D eigenvalue weighted by molar-refractivity contribution is 9.10. The van der Waals surface area contributed by atoms with Gasteiger partial charge in [0, 0.05) is 29.1 Å². The monoisotopic (exact) mass is 233 g/mol. The van der Waals surface area contributed by atoms with E-state index in [-0.39, 0.29) is 0 Å². The fourth-order valence-corrected chi connectivity index (χ4v) is 2.04. The van der Waals surface area contributed by atoms with Crippen LogP contribution in [0.5, 0.6) is 0 Å². The van der Waals surface area contributed by atoms with Gasteiger partial charge in [0.15, 0.2) is 5.15 Å². The molecule has 0 saturated heterocycles. The van der Waals surface area contributed by atoms with Crippen LogP contribution in [0.1, 0.15) is 5.69 Å². The molecule has 2 rings (SSSR count). The first-order valence-corrected chi connectivity index (χ1v) is 4.30. The Balaban J connectivity index is 2.58. The maximum absolute atomic E-state index is 5.84. The van der Waals surface area contributed by atoms with E-state index < -0.39 is 0 Å². The Morgan fingerprint density at radius 2 is 2.36 bits per heavy atom. The summed E-state index contributed by atoms with van der Waals surface area (Å²) in [6.45, 7) is 0.910. The molecule has 0 aliphatic carbocycles. The highest BCUT2D eigenvalue weighted by Gasteiger charge is 2.21. The van der Waals surface area contributed by atoms with E-state index in [0.717, 1.165) is 24.3 Å². The van der Waals surface area contributed by atoms with Crippen LogP contribution >= 0.6 is 27.7 Å². The van der Waals surface area contributed by atoms with Crippen molar-refractivity contribution in [3.05, 3.63) is 17.2 Å². The Bertz CT molecular complexity index is 291. The molecule has 1 aliphatic rings. The molecule has 0 saturated carbocycles. The Morgan fingerprint density at radius 1 is 1.55 bits per heavy atom. The van der Waals surface area contributed by atoms with Crippen molar-refractivity contribution in [1.29, 1.82) is 0 Å². The molecule has 0 aromatic carbocycles. The predicted molar refractivity (Wildman–Crippen MR) is 47.0 cm³/mol. The van der Waals surface area contributed by atoms with Gasteiger partial charge in [-0.25, -0.2) is 9.97 Å². The second-order valence-electron chi connectivity index (χ2n) is 2.30. The zero-order valence-electron chi connectivity index (χ0n) is 5.59. The van der Waals surface area contributed by atoms with Gasteiger partial charge in [-0.3, -0.25) is 0 Å². The van der Waals surface area contributed by atoms with E-state index in [0.29, 0.717) is 5.15 Å². The third kappa shape index (κ3) is 1.10. The minimum Gasteiger partial charge on any atom is -0.304 e. The van der Waals surface area contributed by atoms with Crippen LogP contribution in [-0.4, -0.2) is 16.5 Å². The van der Waals surface area contributed by atoms with Gasteiger partial charge in [-0.15, -0.1) is 0 Å². The number of halogens is 2. The van der Waals surface area contributed by atoms with E-state index in [2.05, 4.69) is 26.1 Å². The Morgan fingerprint density at radius 3 is 3.09 bits per heavy atom. The number of rotatable bonds is 0. The third-order valence-corrected chi connectivity index (χ3v) is 2.63. The van der Waals surface area contributed by atoms with Crippen LogP contribution < -0.4 is 3.93 Å².